The lowest BCUT2D eigenvalue weighted by molar-refractivity contribution is -0.150. The van der Waals surface area contributed by atoms with Crippen molar-refractivity contribution in [1.82, 2.24) is 4.90 Å². The minimum atomic E-state index is -0.948. The van der Waals surface area contributed by atoms with Crippen LogP contribution < -0.4 is 4.74 Å². The molecule has 5 nitrogen and oxygen atoms in total. The Bertz CT molecular complexity index is 484. The molecule has 5 heteroatoms. The smallest absolute Gasteiger partial charge is 0.326 e. The van der Waals surface area contributed by atoms with Crippen molar-refractivity contribution in [3.8, 4) is 5.75 Å². The molecule has 0 spiro atoms. The molecule has 0 saturated heterocycles. The number of carboxylic acid groups (broad SMARTS) is 1. The minimum Gasteiger partial charge on any atom is -0.494 e. The number of para-hydroxylation sites is 1. The van der Waals surface area contributed by atoms with E-state index >= 15 is 0 Å². The predicted molar refractivity (Wildman–Crippen MR) is 78.1 cm³/mol. The van der Waals surface area contributed by atoms with Crippen LogP contribution in [0.3, 0.4) is 0 Å². The number of hydrogen-bond donors (Lipinski definition) is 1. The second kappa shape index (κ2) is 7.11. The molecule has 1 fully saturated rings. The van der Waals surface area contributed by atoms with E-state index < -0.39 is 12.0 Å². The second-order valence-corrected chi connectivity index (χ2v) is 5.31. The van der Waals surface area contributed by atoms with Crippen LogP contribution in [0.2, 0.25) is 0 Å². The lowest BCUT2D eigenvalue weighted by Crippen LogP contribution is -2.44. The number of aliphatic carboxylic acids is 1. The molecule has 1 aliphatic carbocycles. The summed E-state index contributed by atoms with van der Waals surface area (Å²) in [6.45, 7) is 2.02. The first-order chi connectivity index (χ1) is 10.1. The Morgan fingerprint density at radius 2 is 2.00 bits per heavy atom. The quantitative estimate of drug-likeness (QED) is 0.746. The zero-order valence-electron chi connectivity index (χ0n) is 12.2. The van der Waals surface area contributed by atoms with E-state index in [2.05, 4.69) is 0 Å². The molecular formula is C16H21NO4. The average Bonchev–Trinajstić information content (AvgIpc) is 3.29. The van der Waals surface area contributed by atoms with Crippen LogP contribution in [-0.2, 0) is 9.59 Å². The molecule has 1 aromatic carbocycles. The molecule has 1 aliphatic rings. The summed E-state index contributed by atoms with van der Waals surface area (Å²) in [5, 5.41) is 9.08. The highest BCUT2D eigenvalue weighted by atomic mass is 16.5. The zero-order valence-corrected chi connectivity index (χ0v) is 12.2. The van der Waals surface area contributed by atoms with Crippen LogP contribution in [-0.4, -0.2) is 40.6 Å². The highest BCUT2D eigenvalue weighted by Crippen LogP contribution is 2.29. The maximum absolute atomic E-state index is 12.2. The van der Waals surface area contributed by atoms with Crippen molar-refractivity contribution in [3.05, 3.63) is 30.3 Å². The first kappa shape index (κ1) is 15.4. The van der Waals surface area contributed by atoms with Crippen molar-refractivity contribution in [2.45, 2.75) is 44.7 Å². The Morgan fingerprint density at radius 1 is 1.33 bits per heavy atom. The van der Waals surface area contributed by atoms with Gasteiger partial charge < -0.3 is 14.7 Å². The summed E-state index contributed by atoms with van der Waals surface area (Å²) in [5.74, 6) is -0.261. The molecule has 1 N–H and O–H groups in total. The summed E-state index contributed by atoms with van der Waals surface area (Å²) in [6.07, 6.45) is 2.72. The van der Waals surface area contributed by atoms with Crippen LogP contribution in [0, 0.1) is 0 Å². The number of rotatable bonds is 8. The molecule has 2 rings (SSSR count). The van der Waals surface area contributed by atoms with E-state index in [1.54, 1.807) is 6.92 Å². The molecule has 1 amide bonds. The zero-order chi connectivity index (χ0) is 15.2. The van der Waals surface area contributed by atoms with Crippen molar-refractivity contribution in [2.75, 3.05) is 6.61 Å². The molecule has 0 aliphatic heterocycles. The number of carboxylic acids is 1. The van der Waals surface area contributed by atoms with Crippen LogP contribution in [0.5, 0.6) is 5.75 Å². The number of carbonyl (C=O) groups is 2. The summed E-state index contributed by atoms with van der Waals surface area (Å²) in [7, 11) is 0. The highest BCUT2D eigenvalue weighted by molar-refractivity contribution is 5.83. The van der Waals surface area contributed by atoms with E-state index in [-0.39, 0.29) is 11.9 Å². The van der Waals surface area contributed by atoms with Gasteiger partial charge in [-0.2, -0.15) is 0 Å². The number of nitrogens with zero attached hydrogens (tertiary/aromatic N) is 1. The van der Waals surface area contributed by atoms with Gasteiger partial charge in [-0.15, -0.1) is 0 Å². The number of amides is 1. The highest BCUT2D eigenvalue weighted by Gasteiger charge is 2.37. The molecule has 0 heterocycles. The van der Waals surface area contributed by atoms with Gasteiger partial charge in [0.1, 0.15) is 11.8 Å². The van der Waals surface area contributed by atoms with Crippen molar-refractivity contribution >= 4 is 11.9 Å². The molecular weight excluding hydrogens is 270 g/mol. The Kier molecular flexibility index (Phi) is 5.20. The number of ether oxygens (including phenoxy) is 1. The Morgan fingerprint density at radius 3 is 2.57 bits per heavy atom. The van der Waals surface area contributed by atoms with E-state index in [1.165, 1.54) is 4.90 Å². The van der Waals surface area contributed by atoms with Gasteiger partial charge in [0.15, 0.2) is 0 Å². The van der Waals surface area contributed by atoms with E-state index in [9.17, 15) is 9.59 Å². The third-order valence-electron chi connectivity index (χ3n) is 3.55. The number of carbonyl (C=O) groups excluding carboxylic acids is 1. The third-order valence-corrected chi connectivity index (χ3v) is 3.55. The topological polar surface area (TPSA) is 66.8 Å². The fourth-order valence-electron chi connectivity index (χ4n) is 2.27. The Labute approximate surface area is 124 Å². The van der Waals surface area contributed by atoms with E-state index in [4.69, 9.17) is 9.84 Å². The van der Waals surface area contributed by atoms with E-state index in [0.717, 1.165) is 18.6 Å². The fourth-order valence-corrected chi connectivity index (χ4v) is 2.27. The van der Waals surface area contributed by atoms with Crippen LogP contribution >= 0.6 is 0 Å². The lowest BCUT2D eigenvalue weighted by Gasteiger charge is -2.26. The van der Waals surface area contributed by atoms with Crippen LogP contribution in [0.1, 0.15) is 32.6 Å². The van der Waals surface area contributed by atoms with Crippen LogP contribution in [0.25, 0.3) is 0 Å². The summed E-state index contributed by atoms with van der Waals surface area (Å²) < 4.78 is 5.53. The molecule has 1 atom stereocenters. The predicted octanol–water partition coefficient (Wildman–Crippen LogP) is 2.31. The summed E-state index contributed by atoms with van der Waals surface area (Å²) in [5.41, 5.74) is 0. The number of hydrogen-bond acceptors (Lipinski definition) is 3. The van der Waals surface area contributed by atoms with Crippen molar-refractivity contribution in [3.63, 3.8) is 0 Å². The summed E-state index contributed by atoms with van der Waals surface area (Å²) in [6, 6.07) is 8.79. The van der Waals surface area contributed by atoms with Gasteiger partial charge in [0.25, 0.3) is 0 Å². The first-order valence-electron chi connectivity index (χ1n) is 7.31. The second-order valence-electron chi connectivity index (χ2n) is 5.31. The number of benzene rings is 1. The van der Waals surface area contributed by atoms with Crippen molar-refractivity contribution < 1.29 is 19.4 Å². The van der Waals surface area contributed by atoms with Crippen molar-refractivity contribution in [2.24, 2.45) is 0 Å². The lowest BCUT2D eigenvalue weighted by atomic mass is 10.2. The molecule has 1 unspecified atom stereocenters. The molecule has 21 heavy (non-hydrogen) atoms. The van der Waals surface area contributed by atoms with Crippen LogP contribution in [0.4, 0.5) is 0 Å². The molecule has 0 radical (unpaired) electrons. The van der Waals surface area contributed by atoms with Gasteiger partial charge in [0.2, 0.25) is 5.91 Å². The summed E-state index contributed by atoms with van der Waals surface area (Å²) in [4.78, 5) is 24.8. The largest absolute Gasteiger partial charge is 0.494 e. The van der Waals surface area contributed by atoms with Gasteiger partial charge >= 0.3 is 5.97 Å². The monoisotopic (exact) mass is 291 g/mol. The maximum atomic E-state index is 12.2. The van der Waals surface area contributed by atoms with E-state index in [0.29, 0.717) is 19.4 Å². The summed E-state index contributed by atoms with van der Waals surface area (Å²) >= 11 is 0. The van der Waals surface area contributed by atoms with Gasteiger partial charge in [-0.3, -0.25) is 4.79 Å². The molecule has 1 saturated carbocycles. The van der Waals surface area contributed by atoms with Crippen molar-refractivity contribution in [1.29, 1.82) is 0 Å². The van der Waals surface area contributed by atoms with Gasteiger partial charge in [-0.05, 0) is 38.3 Å². The fraction of sp³-hybridized carbons (Fsp3) is 0.500. The molecule has 0 bridgehead atoms. The standard InChI is InChI=1S/C16H21NO4/c1-12(16(19)20)17(13-9-10-13)15(18)8-5-11-21-14-6-3-2-4-7-14/h2-4,6-7,12-13H,5,8-11H2,1H3,(H,19,20). The molecule has 1 aromatic rings. The first-order valence-corrected chi connectivity index (χ1v) is 7.31. The maximum Gasteiger partial charge on any atom is 0.326 e. The van der Waals surface area contributed by atoms with Gasteiger partial charge in [-0.25, -0.2) is 4.79 Å². The van der Waals surface area contributed by atoms with Gasteiger partial charge in [-0.1, -0.05) is 18.2 Å². The van der Waals surface area contributed by atoms with Gasteiger partial charge in [0.05, 0.1) is 6.61 Å². The minimum absolute atomic E-state index is 0.0935. The van der Waals surface area contributed by atoms with Gasteiger partial charge in [0, 0.05) is 12.5 Å². The SMILES string of the molecule is CC(C(=O)O)N(C(=O)CCCOc1ccccc1)C1CC1. The van der Waals surface area contributed by atoms with Crippen LogP contribution in [0.15, 0.2) is 30.3 Å². The average molecular weight is 291 g/mol. The van der Waals surface area contributed by atoms with E-state index in [1.807, 2.05) is 30.3 Å². The molecule has 114 valence electrons. The normalized spacial score (nSPS) is 15.3. The molecule has 0 aromatic heterocycles. The third kappa shape index (κ3) is 4.48. The Balaban J connectivity index is 1.76. The Hall–Kier alpha value is -2.04.